The van der Waals surface area contributed by atoms with Gasteiger partial charge in [0.2, 0.25) is 0 Å². The molecule has 1 aliphatic heterocycles. The van der Waals surface area contributed by atoms with Gasteiger partial charge in [-0.25, -0.2) is 4.98 Å². The minimum Gasteiger partial charge on any atom is -0.366 e. The van der Waals surface area contributed by atoms with Gasteiger partial charge in [-0.15, -0.1) is 0 Å². The van der Waals surface area contributed by atoms with Gasteiger partial charge in [0.1, 0.15) is 22.7 Å². The van der Waals surface area contributed by atoms with E-state index >= 15 is 0 Å². The van der Waals surface area contributed by atoms with Crippen molar-refractivity contribution in [2.75, 3.05) is 23.3 Å². The zero-order valence-corrected chi connectivity index (χ0v) is 20.6. The topological polar surface area (TPSA) is 111 Å². The number of halogens is 2. The van der Waals surface area contributed by atoms with Gasteiger partial charge >= 0.3 is 0 Å². The lowest BCUT2D eigenvalue weighted by molar-refractivity contribution is 0.102. The molecule has 11 heteroatoms. The Bertz CT molecular complexity index is 1510. The van der Waals surface area contributed by atoms with Crippen LogP contribution in [0.3, 0.4) is 0 Å². The van der Waals surface area contributed by atoms with E-state index in [2.05, 4.69) is 15.3 Å². The fraction of sp³-hybridized carbons (Fsp3) is 0.250. The quantitative estimate of drug-likeness (QED) is 0.433. The summed E-state index contributed by atoms with van der Waals surface area (Å²) in [6, 6.07) is 11.3. The van der Waals surface area contributed by atoms with Crippen LogP contribution in [0, 0.1) is 6.92 Å². The molecule has 35 heavy (non-hydrogen) atoms. The van der Waals surface area contributed by atoms with E-state index in [9.17, 15) is 9.59 Å². The van der Waals surface area contributed by atoms with Crippen LogP contribution in [0.2, 0.25) is 10.0 Å². The number of nitrogens with zero attached hydrogens (tertiary/aromatic N) is 5. The average molecular weight is 512 g/mol. The maximum atomic E-state index is 13.3. The van der Waals surface area contributed by atoms with Crippen molar-refractivity contribution in [2.24, 2.45) is 12.8 Å². The molecular weight excluding hydrogens is 489 g/mol. The van der Waals surface area contributed by atoms with Crippen LogP contribution in [0.25, 0.3) is 16.7 Å². The van der Waals surface area contributed by atoms with Crippen molar-refractivity contribution in [3.63, 3.8) is 0 Å². The lowest BCUT2D eigenvalue weighted by atomic mass is 10.2. The number of anilines is 2. The van der Waals surface area contributed by atoms with E-state index < -0.39 is 11.5 Å². The van der Waals surface area contributed by atoms with Crippen LogP contribution in [0.15, 0.2) is 47.3 Å². The zero-order chi connectivity index (χ0) is 24.9. The summed E-state index contributed by atoms with van der Waals surface area (Å²) in [7, 11) is 1.95. The van der Waals surface area contributed by atoms with Crippen molar-refractivity contribution >= 4 is 51.5 Å². The first-order valence-corrected chi connectivity index (χ1v) is 11.8. The highest BCUT2D eigenvalue weighted by Crippen LogP contribution is 2.36. The van der Waals surface area contributed by atoms with Gasteiger partial charge in [-0.1, -0.05) is 29.3 Å². The summed E-state index contributed by atoms with van der Waals surface area (Å²) in [5.41, 5.74) is 9.10. The summed E-state index contributed by atoms with van der Waals surface area (Å²) in [5, 5.41) is 7.69. The summed E-state index contributed by atoms with van der Waals surface area (Å²) in [4.78, 5) is 32.7. The standard InChI is InChI=1S/C24H23Cl2N7O2/c1-13-28-21-19(31(13)2)8-6-17(23(21)32-11-10-14(27)12-32)29-24(35)18-7-9-20(34)33(30-18)22-15(25)4-3-5-16(22)26/h3-9,14H,10-12,27H2,1-2H3,(H,29,35)/t14-/m0/s1. The number of hydrogen-bond donors (Lipinski definition) is 2. The molecule has 1 atom stereocenters. The highest BCUT2D eigenvalue weighted by atomic mass is 35.5. The number of fused-ring (bicyclic) bond motifs is 1. The predicted molar refractivity (Wildman–Crippen MR) is 138 cm³/mol. The van der Waals surface area contributed by atoms with Gasteiger partial charge < -0.3 is 20.5 Å². The van der Waals surface area contributed by atoms with Gasteiger partial charge in [-0.05, 0) is 43.7 Å². The van der Waals surface area contributed by atoms with Gasteiger partial charge in [0.05, 0.1) is 26.9 Å². The normalized spacial score (nSPS) is 15.7. The zero-order valence-electron chi connectivity index (χ0n) is 19.1. The Balaban J connectivity index is 1.56. The first kappa shape index (κ1) is 23.3. The summed E-state index contributed by atoms with van der Waals surface area (Å²) >= 11 is 12.5. The molecule has 1 fully saturated rings. The van der Waals surface area contributed by atoms with Crippen LogP contribution in [-0.2, 0) is 7.05 Å². The number of aromatic nitrogens is 4. The Morgan fingerprint density at radius 3 is 2.54 bits per heavy atom. The lowest BCUT2D eigenvalue weighted by Crippen LogP contribution is -2.28. The van der Waals surface area contributed by atoms with Crippen LogP contribution in [0.1, 0.15) is 22.7 Å². The van der Waals surface area contributed by atoms with E-state index in [0.29, 0.717) is 12.2 Å². The second-order valence-corrected chi connectivity index (χ2v) is 9.35. The van der Waals surface area contributed by atoms with Crippen molar-refractivity contribution in [1.82, 2.24) is 19.3 Å². The number of rotatable bonds is 4. The molecule has 3 N–H and O–H groups in total. The number of nitrogens with one attached hydrogen (secondary N) is 1. The van der Waals surface area contributed by atoms with E-state index in [4.69, 9.17) is 33.9 Å². The molecule has 0 bridgehead atoms. The molecule has 9 nitrogen and oxygen atoms in total. The molecule has 0 unspecified atom stereocenters. The number of carbonyl (C=O) groups excluding carboxylic acids is 1. The molecule has 0 radical (unpaired) electrons. The van der Waals surface area contributed by atoms with Crippen LogP contribution >= 0.6 is 23.2 Å². The molecule has 2 aromatic heterocycles. The fourth-order valence-electron chi connectivity index (χ4n) is 4.34. The average Bonchev–Trinajstić information content (AvgIpc) is 3.37. The molecule has 0 aliphatic carbocycles. The maximum absolute atomic E-state index is 13.3. The molecule has 180 valence electrons. The highest BCUT2D eigenvalue weighted by Gasteiger charge is 2.26. The number of amides is 1. The maximum Gasteiger partial charge on any atom is 0.276 e. The van der Waals surface area contributed by atoms with E-state index in [0.717, 1.165) is 40.2 Å². The summed E-state index contributed by atoms with van der Waals surface area (Å²) in [5.74, 6) is 0.372. The van der Waals surface area contributed by atoms with Gasteiger partial charge in [-0.2, -0.15) is 9.78 Å². The smallest absolute Gasteiger partial charge is 0.276 e. The number of carbonyl (C=O) groups is 1. The van der Waals surface area contributed by atoms with Crippen molar-refractivity contribution in [3.8, 4) is 5.69 Å². The minimum atomic E-state index is -0.487. The number of para-hydroxylation sites is 1. The summed E-state index contributed by atoms with van der Waals surface area (Å²) in [6.07, 6.45) is 0.848. The molecule has 2 aromatic carbocycles. The molecule has 3 heterocycles. The van der Waals surface area contributed by atoms with Crippen molar-refractivity contribution in [3.05, 3.63) is 74.4 Å². The summed E-state index contributed by atoms with van der Waals surface area (Å²) < 4.78 is 3.04. The monoisotopic (exact) mass is 511 g/mol. The Labute approximate surface area is 211 Å². The van der Waals surface area contributed by atoms with Gasteiger partial charge in [0.25, 0.3) is 11.5 Å². The number of benzene rings is 2. The van der Waals surface area contributed by atoms with Gasteiger partial charge in [-0.3, -0.25) is 9.59 Å². The first-order chi connectivity index (χ1) is 16.7. The molecule has 0 saturated carbocycles. The molecular formula is C24H23Cl2N7O2. The molecule has 5 rings (SSSR count). The molecule has 1 amide bonds. The first-order valence-electron chi connectivity index (χ1n) is 11.1. The minimum absolute atomic E-state index is 0.0296. The van der Waals surface area contributed by atoms with E-state index in [1.165, 1.54) is 12.1 Å². The lowest BCUT2D eigenvalue weighted by Gasteiger charge is -2.22. The predicted octanol–water partition coefficient (Wildman–Crippen LogP) is 3.52. The Kier molecular flexibility index (Phi) is 6.00. The third kappa shape index (κ3) is 4.16. The number of aryl methyl sites for hydroxylation is 2. The van der Waals surface area contributed by atoms with Crippen LogP contribution in [-0.4, -0.2) is 44.4 Å². The third-order valence-electron chi connectivity index (χ3n) is 6.22. The van der Waals surface area contributed by atoms with Crippen LogP contribution in [0.5, 0.6) is 0 Å². The van der Waals surface area contributed by atoms with Crippen LogP contribution in [0.4, 0.5) is 11.4 Å². The van der Waals surface area contributed by atoms with Gasteiger partial charge in [0.15, 0.2) is 0 Å². The van der Waals surface area contributed by atoms with Crippen molar-refractivity contribution in [1.29, 1.82) is 0 Å². The van der Waals surface area contributed by atoms with Crippen LogP contribution < -0.4 is 21.5 Å². The highest BCUT2D eigenvalue weighted by molar-refractivity contribution is 6.37. The van der Waals surface area contributed by atoms with E-state index in [1.807, 2.05) is 30.7 Å². The fourth-order valence-corrected chi connectivity index (χ4v) is 4.90. The van der Waals surface area contributed by atoms with E-state index in [1.54, 1.807) is 18.2 Å². The largest absolute Gasteiger partial charge is 0.366 e. The SMILES string of the molecule is Cc1nc2c(N3CC[C@H](N)C3)c(NC(=O)c3ccc(=O)n(-c4c(Cl)cccc4Cl)n3)ccc2n1C. The Morgan fingerprint density at radius 2 is 1.86 bits per heavy atom. The van der Waals surface area contributed by atoms with E-state index in [-0.39, 0.29) is 27.5 Å². The third-order valence-corrected chi connectivity index (χ3v) is 6.83. The molecule has 1 aliphatic rings. The number of imidazole rings is 1. The number of nitrogens with two attached hydrogens (primary N) is 1. The number of hydrogen-bond acceptors (Lipinski definition) is 6. The molecule has 4 aromatic rings. The molecule has 1 saturated heterocycles. The molecule has 0 spiro atoms. The second-order valence-electron chi connectivity index (χ2n) is 8.54. The van der Waals surface area contributed by atoms with Crippen molar-refractivity contribution < 1.29 is 4.79 Å². The van der Waals surface area contributed by atoms with Gasteiger partial charge in [0, 0.05) is 32.2 Å². The Hall–Kier alpha value is -3.40. The second kappa shape index (κ2) is 8.99. The summed E-state index contributed by atoms with van der Waals surface area (Å²) in [6.45, 7) is 3.35. The Morgan fingerprint density at radius 1 is 1.11 bits per heavy atom. The van der Waals surface area contributed by atoms with Crippen molar-refractivity contribution in [2.45, 2.75) is 19.4 Å².